The normalized spacial score (nSPS) is 22.1. The maximum Gasteiger partial charge on any atom is 0.323 e. The maximum absolute atomic E-state index is 12.4. The molecular formula is C15H28N2O3. The van der Waals surface area contributed by atoms with Crippen molar-refractivity contribution in [3.8, 4) is 0 Å². The largest absolute Gasteiger partial charge is 0.468 e. The Labute approximate surface area is 122 Å². The van der Waals surface area contributed by atoms with Crippen molar-refractivity contribution in [1.29, 1.82) is 0 Å². The molecule has 1 unspecified atom stereocenters. The van der Waals surface area contributed by atoms with Gasteiger partial charge >= 0.3 is 5.97 Å². The third-order valence-electron chi connectivity index (χ3n) is 4.24. The summed E-state index contributed by atoms with van der Waals surface area (Å²) in [6, 6.07) is -0.607. The molecule has 1 heterocycles. The van der Waals surface area contributed by atoms with Gasteiger partial charge in [-0.25, -0.2) is 0 Å². The molecule has 0 aromatic heterocycles. The molecule has 0 bridgehead atoms. The molecule has 0 aliphatic carbocycles. The number of carbonyl (C=O) groups is 2. The predicted molar refractivity (Wildman–Crippen MR) is 78.3 cm³/mol. The van der Waals surface area contributed by atoms with Gasteiger partial charge in [-0.15, -0.1) is 0 Å². The molecule has 2 atom stereocenters. The Bertz CT molecular complexity index is 355. The van der Waals surface area contributed by atoms with E-state index in [-0.39, 0.29) is 29.5 Å². The lowest BCUT2D eigenvalue weighted by molar-refractivity contribution is -0.150. The summed E-state index contributed by atoms with van der Waals surface area (Å²) >= 11 is 0. The average molecular weight is 284 g/mol. The Morgan fingerprint density at radius 2 is 2.05 bits per heavy atom. The van der Waals surface area contributed by atoms with E-state index >= 15 is 0 Å². The summed E-state index contributed by atoms with van der Waals surface area (Å²) < 4.78 is 4.86. The second kappa shape index (κ2) is 7.07. The van der Waals surface area contributed by atoms with Crippen LogP contribution in [0.4, 0.5) is 0 Å². The number of nitrogens with one attached hydrogen (secondary N) is 1. The van der Waals surface area contributed by atoms with E-state index in [1.165, 1.54) is 7.11 Å². The number of piperidine rings is 1. The highest BCUT2D eigenvalue weighted by atomic mass is 16.5. The van der Waals surface area contributed by atoms with Gasteiger partial charge in [0.05, 0.1) is 13.2 Å². The number of amides is 1. The summed E-state index contributed by atoms with van der Waals surface area (Å²) in [6.45, 7) is 8.68. The van der Waals surface area contributed by atoms with Gasteiger partial charge in [-0.3, -0.25) is 14.5 Å². The molecule has 0 radical (unpaired) electrons. The number of esters is 1. The summed E-state index contributed by atoms with van der Waals surface area (Å²) in [5.74, 6) is -0.258. The molecule has 1 aliphatic heterocycles. The van der Waals surface area contributed by atoms with Gasteiger partial charge in [-0.1, -0.05) is 13.3 Å². The van der Waals surface area contributed by atoms with Crippen LogP contribution < -0.4 is 5.32 Å². The van der Waals surface area contributed by atoms with E-state index in [0.29, 0.717) is 0 Å². The van der Waals surface area contributed by atoms with Gasteiger partial charge in [0, 0.05) is 5.54 Å². The average Bonchev–Trinajstić information content (AvgIpc) is 2.45. The smallest absolute Gasteiger partial charge is 0.323 e. The van der Waals surface area contributed by atoms with Crippen LogP contribution in [0.25, 0.3) is 0 Å². The van der Waals surface area contributed by atoms with Crippen LogP contribution in [0, 0.1) is 0 Å². The first kappa shape index (κ1) is 17.0. The summed E-state index contributed by atoms with van der Waals surface area (Å²) in [5, 5.41) is 3.05. The molecular weight excluding hydrogens is 256 g/mol. The predicted octanol–water partition coefficient (Wildman–Crippen LogP) is 1.71. The minimum atomic E-state index is -0.315. The summed E-state index contributed by atoms with van der Waals surface area (Å²) in [4.78, 5) is 26.2. The summed E-state index contributed by atoms with van der Waals surface area (Å²) in [7, 11) is 1.40. The lowest BCUT2D eigenvalue weighted by atomic mass is 9.98. The first-order valence-corrected chi connectivity index (χ1v) is 7.48. The van der Waals surface area contributed by atoms with Crippen LogP contribution in [0.5, 0.6) is 0 Å². The van der Waals surface area contributed by atoms with E-state index in [1.54, 1.807) is 0 Å². The Morgan fingerprint density at radius 3 is 2.60 bits per heavy atom. The molecule has 20 heavy (non-hydrogen) atoms. The fourth-order valence-electron chi connectivity index (χ4n) is 2.48. The molecule has 0 aromatic carbocycles. The molecule has 5 heteroatoms. The third kappa shape index (κ3) is 4.20. The van der Waals surface area contributed by atoms with Crippen molar-refractivity contribution < 1.29 is 14.3 Å². The second-order valence-corrected chi connectivity index (χ2v) is 6.18. The van der Waals surface area contributed by atoms with Gasteiger partial charge in [0.25, 0.3) is 0 Å². The SMILES string of the molecule is CCC(C)(C)NC(=O)C(C)N1CCCC[C@@H]1C(=O)OC. The summed E-state index contributed by atoms with van der Waals surface area (Å²) in [5.41, 5.74) is -0.220. The van der Waals surface area contributed by atoms with Crippen molar-refractivity contribution in [3.63, 3.8) is 0 Å². The highest BCUT2D eigenvalue weighted by Gasteiger charge is 2.36. The zero-order valence-electron chi connectivity index (χ0n) is 13.4. The van der Waals surface area contributed by atoms with E-state index in [0.717, 1.165) is 32.2 Å². The topological polar surface area (TPSA) is 58.6 Å². The molecule has 0 saturated carbocycles. The maximum atomic E-state index is 12.4. The Balaban J connectivity index is 2.74. The van der Waals surface area contributed by atoms with Crippen molar-refractivity contribution in [2.45, 2.75) is 71.0 Å². The monoisotopic (exact) mass is 284 g/mol. The number of carbonyl (C=O) groups excluding carboxylic acids is 2. The van der Waals surface area contributed by atoms with E-state index < -0.39 is 0 Å². The van der Waals surface area contributed by atoms with Gasteiger partial charge < -0.3 is 10.1 Å². The Kier molecular flexibility index (Phi) is 5.99. The molecule has 1 N–H and O–H groups in total. The van der Waals surface area contributed by atoms with E-state index in [1.807, 2.05) is 32.6 Å². The van der Waals surface area contributed by atoms with Crippen LogP contribution in [0.3, 0.4) is 0 Å². The highest BCUT2D eigenvalue weighted by Crippen LogP contribution is 2.21. The minimum absolute atomic E-state index is 0.0207. The molecule has 1 rings (SSSR count). The number of ether oxygens (including phenoxy) is 1. The standard InChI is InChI=1S/C15H28N2O3/c1-6-15(3,4)16-13(18)11(2)17-10-8-7-9-12(17)14(19)20-5/h11-12H,6-10H2,1-5H3,(H,16,18)/t11?,12-/m1/s1. The number of nitrogens with zero attached hydrogens (tertiary/aromatic N) is 1. The van der Waals surface area contributed by atoms with Gasteiger partial charge in [0.2, 0.25) is 5.91 Å². The molecule has 1 amide bonds. The van der Waals surface area contributed by atoms with Crippen LogP contribution in [-0.4, -0.2) is 48.1 Å². The van der Waals surface area contributed by atoms with E-state index in [2.05, 4.69) is 5.32 Å². The van der Waals surface area contributed by atoms with Gasteiger partial charge in [0.15, 0.2) is 0 Å². The van der Waals surface area contributed by atoms with Crippen molar-refractivity contribution in [3.05, 3.63) is 0 Å². The number of rotatable bonds is 5. The zero-order chi connectivity index (χ0) is 15.3. The quantitative estimate of drug-likeness (QED) is 0.781. The lowest BCUT2D eigenvalue weighted by Crippen LogP contribution is -2.57. The van der Waals surface area contributed by atoms with Crippen LogP contribution >= 0.6 is 0 Å². The Morgan fingerprint density at radius 1 is 1.40 bits per heavy atom. The molecule has 1 saturated heterocycles. The number of methoxy groups -OCH3 is 1. The fourth-order valence-corrected chi connectivity index (χ4v) is 2.48. The number of hydrogen-bond donors (Lipinski definition) is 1. The fraction of sp³-hybridized carbons (Fsp3) is 0.867. The molecule has 1 fully saturated rings. The number of hydrogen-bond acceptors (Lipinski definition) is 4. The van der Waals surface area contributed by atoms with Crippen molar-refractivity contribution in [1.82, 2.24) is 10.2 Å². The van der Waals surface area contributed by atoms with E-state index in [9.17, 15) is 9.59 Å². The molecule has 5 nitrogen and oxygen atoms in total. The van der Waals surface area contributed by atoms with Crippen molar-refractivity contribution >= 4 is 11.9 Å². The molecule has 1 aliphatic rings. The van der Waals surface area contributed by atoms with Crippen LogP contribution in [0.1, 0.15) is 53.4 Å². The Hall–Kier alpha value is -1.10. The highest BCUT2D eigenvalue weighted by molar-refractivity contribution is 5.83. The summed E-state index contributed by atoms with van der Waals surface area (Å²) in [6.07, 6.45) is 3.65. The zero-order valence-corrected chi connectivity index (χ0v) is 13.4. The van der Waals surface area contributed by atoms with Gasteiger partial charge in [-0.2, -0.15) is 0 Å². The molecule has 116 valence electrons. The van der Waals surface area contributed by atoms with Crippen LogP contribution in [0.2, 0.25) is 0 Å². The van der Waals surface area contributed by atoms with Gasteiger partial charge in [0.1, 0.15) is 6.04 Å². The minimum Gasteiger partial charge on any atom is -0.468 e. The molecule has 0 aromatic rings. The lowest BCUT2D eigenvalue weighted by Gasteiger charge is -2.38. The van der Waals surface area contributed by atoms with Gasteiger partial charge in [-0.05, 0) is 46.6 Å². The van der Waals surface area contributed by atoms with Crippen LogP contribution in [0.15, 0.2) is 0 Å². The van der Waals surface area contributed by atoms with Crippen LogP contribution in [-0.2, 0) is 14.3 Å². The third-order valence-corrected chi connectivity index (χ3v) is 4.24. The molecule has 0 spiro atoms. The number of likely N-dealkylation sites (tertiary alicyclic amines) is 1. The van der Waals surface area contributed by atoms with E-state index in [4.69, 9.17) is 4.74 Å². The first-order chi connectivity index (χ1) is 9.32. The van der Waals surface area contributed by atoms with Crippen molar-refractivity contribution in [2.75, 3.05) is 13.7 Å². The second-order valence-electron chi connectivity index (χ2n) is 6.18. The van der Waals surface area contributed by atoms with Crippen molar-refractivity contribution in [2.24, 2.45) is 0 Å². The first-order valence-electron chi connectivity index (χ1n) is 7.48.